The molecule has 7 amide bonds. The van der Waals surface area contributed by atoms with Gasteiger partial charge in [0, 0.05) is 41.0 Å². The van der Waals surface area contributed by atoms with Gasteiger partial charge in [-0.25, -0.2) is 22.7 Å². The number of guanidine groups is 1. The van der Waals surface area contributed by atoms with Crippen LogP contribution in [0.15, 0.2) is 53.4 Å². The van der Waals surface area contributed by atoms with Crippen molar-refractivity contribution in [2.45, 2.75) is 269 Å². The number of alkyl carbamates (subject to hydrolysis) is 1. The van der Waals surface area contributed by atoms with E-state index in [1.165, 1.54) is 37.5 Å². The molecule has 1 unspecified atom stereocenters. The molecule has 0 saturated heterocycles. The summed E-state index contributed by atoms with van der Waals surface area (Å²) in [6, 6.07) is 4.66. The monoisotopic (exact) mass is 1540 g/mol. The zero-order chi connectivity index (χ0) is 80.3. The Labute approximate surface area is 634 Å². The van der Waals surface area contributed by atoms with Gasteiger partial charge in [0.05, 0.1) is 35.2 Å². The van der Waals surface area contributed by atoms with Gasteiger partial charge in [0.1, 0.15) is 65.9 Å². The Balaban J connectivity index is 1.53. The van der Waals surface area contributed by atoms with E-state index in [9.17, 15) is 37.5 Å². The summed E-state index contributed by atoms with van der Waals surface area (Å²) in [4.78, 5) is 132. The first-order valence-electron chi connectivity index (χ1n) is 35.7. The minimum Gasteiger partial charge on any atom is -0.487 e. The van der Waals surface area contributed by atoms with Gasteiger partial charge in [0.2, 0.25) is 41.4 Å². The topological polar surface area (TPSA) is 377 Å². The molecule has 27 nitrogen and oxygen atoms in total. The van der Waals surface area contributed by atoms with Crippen LogP contribution in [0, 0.1) is 32.1 Å². The fourth-order valence-electron chi connectivity index (χ4n) is 12.6. The molecule has 5 rings (SSSR count). The predicted octanol–water partition coefficient (Wildman–Crippen LogP) is 8.23. The number of rotatable bonds is 34. The van der Waals surface area contributed by atoms with Crippen LogP contribution in [-0.2, 0) is 73.7 Å². The molecule has 1 aliphatic carbocycles. The van der Waals surface area contributed by atoms with Crippen LogP contribution < -0.4 is 46.7 Å². The van der Waals surface area contributed by atoms with Crippen LogP contribution in [0.5, 0.6) is 5.75 Å². The smallest absolute Gasteiger partial charge is 0.407 e. The van der Waals surface area contributed by atoms with Crippen molar-refractivity contribution in [2.24, 2.45) is 5.92 Å². The van der Waals surface area contributed by atoms with Crippen LogP contribution in [-0.4, -0.2) is 197 Å². The molecule has 3 aromatic rings. The maximum Gasteiger partial charge on any atom is 0.407 e. The first-order chi connectivity index (χ1) is 48.7. The second kappa shape index (κ2) is 36.0. The highest BCUT2D eigenvalue weighted by molar-refractivity contribution is 8.00. The van der Waals surface area contributed by atoms with Crippen molar-refractivity contribution in [2.75, 3.05) is 39.3 Å². The van der Waals surface area contributed by atoms with Crippen molar-refractivity contribution in [1.82, 2.24) is 46.8 Å². The van der Waals surface area contributed by atoms with Crippen molar-refractivity contribution in [3.05, 3.63) is 81.9 Å². The number of ether oxygens (including phenoxy) is 5. The van der Waals surface area contributed by atoms with E-state index >= 15 is 19.2 Å². The first-order valence-corrected chi connectivity index (χ1v) is 39.6. The molecule has 2 aliphatic rings. The van der Waals surface area contributed by atoms with E-state index in [2.05, 4.69) is 41.9 Å². The van der Waals surface area contributed by atoms with Gasteiger partial charge in [-0.1, -0.05) is 62.4 Å². The molecular weight excluding hydrogens is 1420 g/mol. The van der Waals surface area contributed by atoms with E-state index < -0.39 is 163 Å². The number of nitrogens with zero attached hydrogens (tertiary/aromatic N) is 1. The van der Waals surface area contributed by atoms with Crippen molar-refractivity contribution in [3.8, 4) is 16.9 Å². The van der Waals surface area contributed by atoms with Crippen molar-refractivity contribution in [3.63, 3.8) is 0 Å². The van der Waals surface area contributed by atoms with Gasteiger partial charge in [-0.15, -0.1) is 0 Å². The lowest BCUT2D eigenvalue weighted by atomic mass is 9.94. The number of fused-ring (bicyclic) bond motifs is 4. The van der Waals surface area contributed by atoms with Gasteiger partial charge in [0.25, 0.3) is 10.0 Å². The highest BCUT2D eigenvalue weighted by atomic mass is 32.2. The fraction of sp³-hybridized carbons (Fsp3) is 0.632. The molecule has 0 fully saturated rings. The fourth-order valence-corrected chi connectivity index (χ4v) is 14.9. The van der Waals surface area contributed by atoms with E-state index in [1.54, 1.807) is 137 Å². The third kappa shape index (κ3) is 24.4. The van der Waals surface area contributed by atoms with Crippen LogP contribution in [0.25, 0.3) is 11.1 Å². The van der Waals surface area contributed by atoms with Crippen LogP contribution in [0.4, 0.5) is 4.79 Å². The largest absolute Gasteiger partial charge is 0.487 e. The Morgan fingerprint density at radius 3 is 1.74 bits per heavy atom. The molecular formula is C76H116N10O17S3. The molecule has 8 atom stereocenters. The lowest BCUT2D eigenvalue weighted by molar-refractivity contribution is -0.157. The average Bonchev–Trinajstić information content (AvgIpc) is 1.52. The summed E-state index contributed by atoms with van der Waals surface area (Å²) < 4.78 is 58.9. The highest BCUT2D eigenvalue weighted by Gasteiger charge is 2.45. The van der Waals surface area contributed by atoms with Crippen LogP contribution in [0.1, 0.15) is 190 Å². The molecule has 0 bridgehead atoms. The number of thioether (sulfide) groups is 2. The number of carboxylic acids is 1. The average molecular weight is 1540 g/mol. The van der Waals surface area contributed by atoms with Crippen molar-refractivity contribution < 1.29 is 80.4 Å². The summed E-state index contributed by atoms with van der Waals surface area (Å²) in [6.45, 7) is 34.9. The van der Waals surface area contributed by atoms with Crippen molar-refractivity contribution >= 4 is 93.0 Å². The summed E-state index contributed by atoms with van der Waals surface area (Å²) in [5.74, 6) is -8.52. The number of aliphatic carboxylic acids is 1. The zero-order valence-electron chi connectivity index (χ0n) is 66.2. The molecule has 0 saturated carbocycles. The van der Waals surface area contributed by atoms with Gasteiger partial charge in [-0.3, -0.25) is 39.0 Å². The van der Waals surface area contributed by atoms with Gasteiger partial charge >= 0.3 is 18.0 Å². The number of carbonyl (C=O) groups excluding carboxylic acids is 8. The number of benzene rings is 3. The second-order valence-electron chi connectivity index (χ2n) is 32.3. The predicted molar refractivity (Wildman–Crippen MR) is 411 cm³/mol. The maximum atomic E-state index is 15.5. The number of nitrogens with one attached hydrogen (secondary N) is 9. The first kappa shape index (κ1) is 89.0. The quantitative estimate of drug-likeness (QED) is 0.0116. The lowest BCUT2D eigenvalue weighted by Gasteiger charge is -2.37. The third-order valence-corrected chi connectivity index (χ3v) is 22.6. The molecule has 106 heavy (non-hydrogen) atoms. The van der Waals surface area contributed by atoms with Crippen LogP contribution in [0.3, 0.4) is 0 Å². The number of esters is 1. The summed E-state index contributed by atoms with van der Waals surface area (Å²) in [7, 11) is -3.05. The summed E-state index contributed by atoms with van der Waals surface area (Å²) in [5.41, 5.74) is 2.59. The maximum absolute atomic E-state index is 15.5. The van der Waals surface area contributed by atoms with E-state index in [0.717, 1.165) is 32.7 Å². The van der Waals surface area contributed by atoms with Gasteiger partial charge in [0.15, 0.2) is 0 Å². The number of amides is 7. The van der Waals surface area contributed by atoms with E-state index in [-0.39, 0.29) is 49.1 Å². The molecule has 1 aliphatic heterocycles. The SMILES string of the molecule is CSC(C)(C)[C@H](NC(=O)[C@H](CC(C)C)NC(=O)[C@@H](NC(=O)[C@H](CC(=O)OC(C)(C)C)NC(=O)[C@H](COC(C)(C)C)NC(=O)[C@H](CCCNC(=N)NS(=O)(=O)c1c(C)c(C)c2c(c1C)CC(C)(C)O2)N(C)C(=O)[C@@H](NC(=O)OCC1c2ccccc2-c2ccccc21)C(C)(C)SC)C(C)OC(C)(C)C)C(=O)O. The summed E-state index contributed by atoms with van der Waals surface area (Å²) in [6.07, 6.45) is 0.680. The van der Waals surface area contributed by atoms with E-state index in [4.69, 9.17) is 29.1 Å². The third-order valence-electron chi connectivity index (χ3n) is 18.4. The molecule has 590 valence electrons. The second-order valence-corrected chi connectivity index (χ2v) is 36.9. The molecule has 10 N–H and O–H groups in total. The van der Waals surface area contributed by atoms with E-state index in [1.807, 2.05) is 62.4 Å². The summed E-state index contributed by atoms with van der Waals surface area (Å²) >= 11 is 2.46. The van der Waals surface area contributed by atoms with Gasteiger partial charge < -0.3 is 70.9 Å². The number of carboxylic acid groups (broad SMARTS) is 1. The van der Waals surface area contributed by atoms with Gasteiger partial charge in [-0.05, 0) is 208 Å². The molecule has 0 radical (unpaired) electrons. The summed E-state index contributed by atoms with van der Waals surface area (Å²) in [5, 5.41) is 37.9. The molecule has 1 heterocycles. The Bertz CT molecular complexity index is 3800. The number of hydrogen-bond acceptors (Lipinski definition) is 19. The Hall–Kier alpha value is -7.67. The Morgan fingerprint density at radius 2 is 1.21 bits per heavy atom. The molecule has 0 spiro atoms. The molecule has 0 aromatic heterocycles. The van der Waals surface area contributed by atoms with Crippen LogP contribution in [0.2, 0.25) is 0 Å². The highest BCUT2D eigenvalue weighted by Crippen LogP contribution is 2.46. The molecule has 30 heteroatoms. The number of sulfonamides is 1. The lowest BCUT2D eigenvalue weighted by Crippen LogP contribution is -2.63. The van der Waals surface area contributed by atoms with Crippen molar-refractivity contribution in [1.29, 1.82) is 5.41 Å². The minimum atomic E-state index is -4.38. The Kier molecular flexibility index (Phi) is 30.2. The number of hydrogen-bond donors (Lipinski definition) is 10. The Morgan fingerprint density at radius 1 is 0.679 bits per heavy atom. The molecule has 3 aromatic carbocycles. The standard InChI is InChI=1S/C76H116N10O17S3/c1-41(2)36-52(63(89)83-61(68(94)95)76(20,21)105-24)80-66(92)57(45(6)101-72(10,11)12)82-62(88)53(37-56(87)102-73(13,14)15)79-64(90)54(40-100-71(7,8)9)81-65(91)55(34-29-35-78-69(77)85-106(97,98)59-43(4)42(3)58-50(44(59)5)38-74(16,17)103-58)86(22)67(93)60(75(18,19)104-23)84-70(96)99-39-51-48-32-27-25-30-46(48)47-31-26-28-33-49(47)51/h25-28,30-33,41,45,51-55,57,60-61H,29,34-40H2,1-24H3,(H,79,90)(H,80,92)(H,81,91)(H,82,88)(H,83,89)(H,84,96)(H,94,95)(H3,77,78,85)/t45?,52-,53-,54-,55-,57-,60+,61+/m0/s1. The van der Waals surface area contributed by atoms with Crippen LogP contribution >= 0.6 is 23.5 Å². The minimum absolute atomic E-state index is 0.0000128. The number of carbonyl (C=O) groups is 9. The van der Waals surface area contributed by atoms with Gasteiger partial charge in [-0.2, -0.15) is 23.5 Å². The zero-order valence-corrected chi connectivity index (χ0v) is 68.6. The van der Waals surface area contributed by atoms with E-state index in [0.29, 0.717) is 28.9 Å². The number of likely N-dealkylation sites (N-methyl/N-ethyl adjacent to an activating group) is 1. The normalized spacial score (nSPS) is 15.9.